The van der Waals surface area contributed by atoms with Crippen molar-refractivity contribution in [2.75, 3.05) is 6.61 Å². The van der Waals surface area contributed by atoms with Crippen molar-refractivity contribution < 1.29 is 18.3 Å². The third-order valence-corrected chi connectivity index (χ3v) is 2.90. The van der Waals surface area contributed by atoms with Gasteiger partial charge in [-0.3, -0.25) is 0 Å². The minimum atomic E-state index is -2.84. The number of aromatic nitrogens is 2. The third kappa shape index (κ3) is 3.63. The fourth-order valence-electron chi connectivity index (χ4n) is 1.27. The molecule has 0 saturated carbocycles. The van der Waals surface area contributed by atoms with Gasteiger partial charge in [-0.25, -0.2) is 0 Å². The van der Waals surface area contributed by atoms with Crippen LogP contribution in [0.15, 0.2) is 24.3 Å². The summed E-state index contributed by atoms with van der Waals surface area (Å²) in [6.07, 6.45) is 5.06. The first kappa shape index (κ1) is 13.2. The molecule has 2 aromatic rings. The van der Waals surface area contributed by atoms with E-state index in [1.54, 1.807) is 12.1 Å². The molecular weight excluding hydrogens is 274 g/mol. The van der Waals surface area contributed by atoms with Gasteiger partial charge in [-0.1, -0.05) is 22.4 Å². The Labute approximate surface area is 112 Å². The van der Waals surface area contributed by atoms with E-state index >= 15 is 0 Å². The summed E-state index contributed by atoms with van der Waals surface area (Å²) in [5.41, 5.74) is 0.731. The molecule has 0 fully saturated rings. The first-order valence-electron chi connectivity index (χ1n) is 5.14. The zero-order chi connectivity index (χ0) is 13.7. The lowest BCUT2D eigenvalue weighted by Crippen LogP contribution is -2.01. The molecule has 0 unspecified atom stereocenters. The first-order valence-corrected chi connectivity index (χ1v) is 5.95. The maximum atomic E-state index is 12.0. The number of hydrogen-bond donors (Lipinski definition) is 0. The normalized spacial score (nSPS) is 10.2. The summed E-state index contributed by atoms with van der Waals surface area (Å²) in [5, 5.41) is 8.69. The van der Waals surface area contributed by atoms with Crippen LogP contribution in [0.5, 0.6) is 10.9 Å². The molecule has 0 aliphatic rings. The van der Waals surface area contributed by atoms with E-state index in [-0.39, 0.29) is 12.4 Å². The Morgan fingerprint density at radius 1 is 1.26 bits per heavy atom. The molecule has 0 spiro atoms. The van der Waals surface area contributed by atoms with Crippen LogP contribution in [-0.2, 0) is 0 Å². The highest BCUT2D eigenvalue weighted by Gasteiger charge is 2.08. The van der Waals surface area contributed by atoms with Gasteiger partial charge >= 0.3 is 6.61 Å². The van der Waals surface area contributed by atoms with Gasteiger partial charge in [0.05, 0.1) is 0 Å². The van der Waals surface area contributed by atoms with Crippen molar-refractivity contribution in [1.82, 2.24) is 10.2 Å². The molecule has 0 aliphatic heterocycles. The zero-order valence-corrected chi connectivity index (χ0v) is 10.4. The van der Waals surface area contributed by atoms with Crippen LogP contribution < -0.4 is 9.47 Å². The van der Waals surface area contributed by atoms with Crippen molar-refractivity contribution in [3.05, 3.63) is 24.3 Å². The Kier molecular flexibility index (Phi) is 4.26. The van der Waals surface area contributed by atoms with Gasteiger partial charge in [0.2, 0.25) is 0 Å². The van der Waals surface area contributed by atoms with Crippen molar-refractivity contribution >= 4 is 11.3 Å². The Bertz CT molecular complexity index is 578. The average Bonchev–Trinajstić information content (AvgIpc) is 2.85. The van der Waals surface area contributed by atoms with Crippen LogP contribution in [0.25, 0.3) is 10.6 Å². The molecule has 0 radical (unpaired) electrons. The largest absolute Gasteiger partial charge is 0.456 e. The molecular formula is C12H8F2N2O2S. The molecule has 98 valence electrons. The number of rotatable bonds is 5. The molecule has 0 aliphatic carbocycles. The van der Waals surface area contributed by atoms with Crippen LogP contribution in [0.2, 0.25) is 0 Å². The third-order valence-electron chi connectivity index (χ3n) is 2.01. The molecule has 0 saturated heterocycles. The number of ether oxygens (including phenoxy) is 2. The van der Waals surface area contributed by atoms with Crippen LogP contribution >= 0.6 is 11.3 Å². The highest BCUT2D eigenvalue weighted by atomic mass is 32.1. The molecule has 0 atom stereocenters. The summed E-state index contributed by atoms with van der Waals surface area (Å²) < 4.78 is 33.4. The number of alkyl halides is 2. The lowest BCUT2D eigenvalue weighted by Gasteiger charge is -2.03. The number of halogens is 2. The number of terminal acetylenes is 1. The predicted molar refractivity (Wildman–Crippen MR) is 66.3 cm³/mol. The fraction of sp³-hybridized carbons (Fsp3) is 0.167. The summed E-state index contributed by atoms with van der Waals surface area (Å²) in [6.45, 7) is -2.72. The quantitative estimate of drug-likeness (QED) is 0.791. The second kappa shape index (κ2) is 6.11. The van der Waals surface area contributed by atoms with Crippen LogP contribution in [-0.4, -0.2) is 23.4 Å². The average molecular weight is 282 g/mol. The van der Waals surface area contributed by atoms with Crippen molar-refractivity contribution in [1.29, 1.82) is 0 Å². The Hall–Kier alpha value is -2.20. The smallest absolute Gasteiger partial charge is 0.387 e. The number of benzene rings is 1. The van der Waals surface area contributed by atoms with E-state index in [0.717, 1.165) is 5.56 Å². The topological polar surface area (TPSA) is 44.2 Å². The minimum absolute atomic E-state index is 0.0899. The highest BCUT2D eigenvalue weighted by Crippen LogP contribution is 2.29. The van der Waals surface area contributed by atoms with Gasteiger partial charge < -0.3 is 9.47 Å². The van der Waals surface area contributed by atoms with Gasteiger partial charge in [-0.2, -0.15) is 8.78 Å². The van der Waals surface area contributed by atoms with Gasteiger partial charge in [0.1, 0.15) is 5.75 Å². The number of nitrogens with zero attached hydrogens (tertiary/aromatic N) is 2. The van der Waals surface area contributed by atoms with E-state index in [4.69, 9.17) is 11.2 Å². The van der Waals surface area contributed by atoms with E-state index < -0.39 is 6.61 Å². The Morgan fingerprint density at radius 3 is 2.63 bits per heavy atom. The van der Waals surface area contributed by atoms with Gasteiger partial charge in [-0.05, 0) is 24.3 Å². The van der Waals surface area contributed by atoms with Crippen molar-refractivity contribution in [3.8, 4) is 33.9 Å². The highest BCUT2D eigenvalue weighted by molar-refractivity contribution is 7.16. The monoisotopic (exact) mass is 282 g/mol. The molecule has 0 N–H and O–H groups in total. The summed E-state index contributed by atoms with van der Waals surface area (Å²) in [6, 6.07) is 6.10. The van der Waals surface area contributed by atoms with Gasteiger partial charge in [0, 0.05) is 5.56 Å². The van der Waals surface area contributed by atoms with Crippen molar-refractivity contribution in [3.63, 3.8) is 0 Å². The summed E-state index contributed by atoms with van der Waals surface area (Å²) in [7, 11) is 0. The second-order valence-electron chi connectivity index (χ2n) is 3.27. The Balaban J connectivity index is 2.09. The Morgan fingerprint density at radius 2 is 2.00 bits per heavy atom. The molecule has 19 heavy (non-hydrogen) atoms. The van der Waals surface area contributed by atoms with Gasteiger partial charge in [-0.15, -0.1) is 11.5 Å². The maximum Gasteiger partial charge on any atom is 0.387 e. The zero-order valence-electron chi connectivity index (χ0n) is 9.55. The molecule has 7 heteroatoms. The number of hydrogen-bond acceptors (Lipinski definition) is 5. The van der Waals surface area contributed by atoms with E-state index in [1.807, 2.05) is 0 Å². The lowest BCUT2D eigenvalue weighted by molar-refractivity contribution is -0.0498. The maximum absolute atomic E-state index is 12.0. The fourth-order valence-corrected chi connectivity index (χ4v) is 1.97. The van der Waals surface area contributed by atoms with Crippen LogP contribution in [0.3, 0.4) is 0 Å². The summed E-state index contributed by atoms with van der Waals surface area (Å²) >= 11 is 1.22. The van der Waals surface area contributed by atoms with Crippen LogP contribution in [0.4, 0.5) is 8.78 Å². The summed E-state index contributed by atoms with van der Waals surface area (Å²) in [4.78, 5) is 0. The molecule has 1 aromatic heterocycles. The molecule has 0 bridgehead atoms. The van der Waals surface area contributed by atoms with E-state index in [1.165, 1.54) is 23.5 Å². The first-order chi connectivity index (χ1) is 9.19. The minimum Gasteiger partial charge on any atom is -0.456 e. The molecule has 1 aromatic carbocycles. The molecule has 0 amide bonds. The van der Waals surface area contributed by atoms with E-state index in [0.29, 0.717) is 10.2 Å². The standard InChI is InChI=1S/C12H8F2N2O2S/c1-2-7-17-12-16-15-10(19-12)8-3-5-9(6-4-8)18-11(13)14/h1,3-6,11H,7H2. The lowest BCUT2D eigenvalue weighted by atomic mass is 10.2. The van der Waals surface area contributed by atoms with Gasteiger partial charge in [0.15, 0.2) is 11.6 Å². The molecule has 1 heterocycles. The second-order valence-corrected chi connectivity index (χ2v) is 4.21. The van der Waals surface area contributed by atoms with Crippen molar-refractivity contribution in [2.45, 2.75) is 6.61 Å². The summed E-state index contributed by atoms with van der Waals surface area (Å²) in [5.74, 6) is 2.41. The molecule has 2 rings (SSSR count). The SMILES string of the molecule is C#CCOc1nnc(-c2ccc(OC(F)F)cc2)s1. The van der Waals surface area contributed by atoms with Crippen LogP contribution in [0, 0.1) is 12.3 Å². The predicted octanol–water partition coefficient (Wildman–Crippen LogP) is 2.82. The van der Waals surface area contributed by atoms with E-state index in [9.17, 15) is 8.78 Å². The van der Waals surface area contributed by atoms with Crippen molar-refractivity contribution in [2.24, 2.45) is 0 Å². The van der Waals surface area contributed by atoms with Crippen LogP contribution in [0.1, 0.15) is 0 Å². The molecule has 4 nitrogen and oxygen atoms in total. The van der Waals surface area contributed by atoms with Gasteiger partial charge in [0.25, 0.3) is 5.19 Å². The van der Waals surface area contributed by atoms with E-state index in [2.05, 4.69) is 20.9 Å².